The van der Waals surface area contributed by atoms with E-state index in [-0.39, 0.29) is 13.0 Å². The molecule has 390 valence electrons. The number of unbranched alkanes of at least 4 members (excludes halogenated alkanes) is 23. The average molecular weight is 969 g/mol. The van der Waals surface area contributed by atoms with Gasteiger partial charge in [0.05, 0.1) is 13.2 Å². The molecule has 0 saturated heterocycles. The highest BCUT2D eigenvalue weighted by molar-refractivity contribution is 7.47. The van der Waals surface area contributed by atoms with Crippen LogP contribution in [0.5, 0.6) is 0 Å². The van der Waals surface area contributed by atoms with Gasteiger partial charge in [-0.3, -0.25) is 13.8 Å². The number of aliphatic hydroxyl groups is 5. The minimum atomic E-state index is -5.03. The van der Waals surface area contributed by atoms with Gasteiger partial charge in [0.15, 0.2) is 0 Å². The number of phosphoric ester groups is 1. The van der Waals surface area contributed by atoms with Crippen LogP contribution in [0.1, 0.15) is 213 Å². The minimum Gasteiger partial charge on any atom is -0.457 e. The number of hydrogen-bond donors (Lipinski definition) is 6. The Kier molecular flexibility index (Phi) is 41.4. The molecule has 0 radical (unpaired) electrons. The topological polar surface area (TPSA) is 192 Å². The predicted octanol–water partition coefficient (Wildman–Crippen LogP) is 12.1. The monoisotopic (exact) mass is 969 g/mol. The van der Waals surface area contributed by atoms with E-state index in [1.807, 2.05) is 0 Å². The maximum atomic E-state index is 12.9. The maximum Gasteiger partial charge on any atom is 0.472 e. The number of aliphatic hydroxyl groups excluding tert-OH is 5. The fourth-order valence-corrected chi connectivity index (χ4v) is 8.94. The van der Waals surface area contributed by atoms with E-state index >= 15 is 0 Å². The molecule has 0 amide bonds. The van der Waals surface area contributed by atoms with Crippen molar-refractivity contribution in [2.24, 2.45) is 0 Å². The first-order valence-electron chi connectivity index (χ1n) is 26.6. The smallest absolute Gasteiger partial charge is 0.457 e. The van der Waals surface area contributed by atoms with Crippen LogP contribution in [0.2, 0.25) is 0 Å². The van der Waals surface area contributed by atoms with E-state index < -0.39 is 63.1 Å². The SMILES string of the molecule is CC/C=C\C/C=C\C/C=C\C/C=C\C/C=C\CCCCCCCCCC(=O)OC(COCCCCCCCCCCCCCCCCCCC)COP(=O)(O)OC1C(O)C(O)C(O)C(O)C1O. The zero-order valence-electron chi connectivity index (χ0n) is 41.9. The number of hydrogen-bond acceptors (Lipinski definition) is 11. The summed E-state index contributed by atoms with van der Waals surface area (Å²) in [6.07, 6.45) is 44.2. The largest absolute Gasteiger partial charge is 0.472 e. The number of carbonyl (C=O) groups excluding carboxylic acids is 1. The van der Waals surface area contributed by atoms with Gasteiger partial charge in [0.2, 0.25) is 0 Å². The molecule has 0 aliphatic heterocycles. The minimum absolute atomic E-state index is 0.0808. The molecule has 67 heavy (non-hydrogen) atoms. The molecular formula is C54H97O12P. The van der Waals surface area contributed by atoms with E-state index in [1.54, 1.807) is 0 Å². The molecule has 6 atom stereocenters. The molecule has 12 nitrogen and oxygen atoms in total. The Hall–Kier alpha value is -1.96. The molecule has 1 saturated carbocycles. The molecule has 1 aliphatic rings. The van der Waals surface area contributed by atoms with Crippen molar-refractivity contribution in [2.45, 2.75) is 256 Å². The average Bonchev–Trinajstić information content (AvgIpc) is 3.31. The fourth-order valence-electron chi connectivity index (χ4n) is 7.97. The summed E-state index contributed by atoms with van der Waals surface area (Å²) in [5, 5.41) is 50.3. The van der Waals surface area contributed by atoms with Crippen molar-refractivity contribution in [1.29, 1.82) is 0 Å². The van der Waals surface area contributed by atoms with Gasteiger partial charge in [0.25, 0.3) is 0 Å². The fraction of sp³-hybridized carbons (Fsp3) is 0.796. The molecule has 0 heterocycles. The molecule has 1 aliphatic carbocycles. The lowest BCUT2D eigenvalue weighted by Gasteiger charge is -2.41. The number of ether oxygens (including phenoxy) is 2. The van der Waals surface area contributed by atoms with Crippen LogP contribution in [0, 0.1) is 0 Å². The molecular weight excluding hydrogens is 872 g/mol. The summed E-state index contributed by atoms with van der Waals surface area (Å²) in [5.74, 6) is -0.487. The van der Waals surface area contributed by atoms with Crippen LogP contribution in [-0.4, -0.2) is 98.9 Å². The Morgan fingerprint density at radius 2 is 0.881 bits per heavy atom. The van der Waals surface area contributed by atoms with E-state index in [4.69, 9.17) is 18.5 Å². The Labute approximate surface area is 407 Å². The van der Waals surface area contributed by atoms with Crippen molar-refractivity contribution >= 4 is 13.8 Å². The van der Waals surface area contributed by atoms with Crippen LogP contribution in [0.3, 0.4) is 0 Å². The number of allylic oxidation sites excluding steroid dienone is 10. The van der Waals surface area contributed by atoms with Crippen molar-refractivity contribution in [3.8, 4) is 0 Å². The predicted molar refractivity (Wildman–Crippen MR) is 272 cm³/mol. The molecule has 0 bridgehead atoms. The van der Waals surface area contributed by atoms with Crippen molar-refractivity contribution in [3.63, 3.8) is 0 Å². The second-order valence-corrected chi connectivity index (χ2v) is 19.8. The summed E-state index contributed by atoms with van der Waals surface area (Å²) in [6, 6.07) is 0. The standard InChI is InChI=1S/C54H97O12P/c1-3-5-7-9-11-13-15-17-19-21-22-23-24-25-26-27-29-31-33-35-37-39-41-43-48(55)65-47(46-64-67(61,62)66-54-52(59)50(57)49(56)51(58)53(54)60)45-63-44-42-40-38-36-34-32-30-28-20-18-16-14-12-10-8-6-4-2/h5,7,11,13,17,19,22-23,25-26,47,49-54,56-60H,3-4,6,8-10,12,14-16,18,20-21,24,27-46H2,1-2H3,(H,61,62)/b7-5-,13-11-,19-17-,23-22-,26-25-. The lowest BCUT2D eigenvalue weighted by molar-refractivity contribution is -0.220. The highest BCUT2D eigenvalue weighted by Gasteiger charge is 2.51. The first kappa shape index (κ1) is 63.1. The lowest BCUT2D eigenvalue weighted by atomic mass is 9.85. The summed E-state index contributed by atoms with van der Waals surface area (Å²) in [4.78, 5) is 23.3. The van der Waals surface area contributed by atoms with Crippen molar-refractivity contribution in [3.05, 3.63) is 60.8 Å². The first-order valence-corrected chi connectivity index (χ1v) is 28.1. The van der Waals surface area contributed by atoms with Gasteiger partial charge in [-0.1, -0.05) is 209 Å². The first-order chi connectivity index (χ1) is 32.5. The summed E-state index contributed by atoms with van der Waals surface area (Å²) in [6.45, 7) is 4.16. The number of carbonyl (C=O) groups is 1. The second-order valence-electron chi connectivity index (χ2n) is 18.4. The molecule has 13 heteroatoms. The Balaban J connectivity index is 2.33. The van der Waals surface area contributed by atoms with Crippen LogP contribution in [0.25, 0.3) is 0 Å². The van der Waals surface area contributed by atoms with Gasteiger partial charge in [-0.15, -0.1) is 0 Å². The van der Waals surface area contributed by atoms with E-state index in [9.17, 15) is 39.8 Å². The summed E-state index contributed by atoms with van der Waals surface area (Å²) < 4.78 is 34.3. The van der Waals surface area contributed by atoms with Crippen molar-refractivity contribution in [2.75, 3.05) is 19.8 Å². The lowest BCUT2D eigenvalue weighted by Crippen LogP contribution is -2.64. The quantitative estimate of drug-likeness (QED) is 0.0147. The third-order valence-corrected chi connectivity index (χ3v) is 13.1. The van der Waals surface area contributed by atoms with E-state index in [0.29, 0.717) is 13.0 Å². The Bertz CT molecular complexity index is 1340. The molecule has 1 fully saturated rings. The van der Waals surface area contributed by atoms with Gasteiger partial charge in [-0.05, 0) is 57.8 Å². The van der Waals surface area contributed by atoms with Crippen LogP contribution >= 0.6 is 7.82 Å². The maximum absolute atomic E-state index is 12.9. The van der Waals surface area contributed by atoms with Crippen molar-refractivity contribution in [1.82, 2.24) is 0 Å². The summed E-state index contributed by atoms with van der Waals surface area (Å²) in [7, 11) is -5.03. The summed E-state index contributed by atoms with van der Waals surface area (Å²) >= 11 is 0. The number of rotatable bonds is 45. The van der Waals surface area contributed by atoms with Gasteiger partial charge in [0, 0.05) is 13.0 Å². The molecule has 6 unspecified atom stereocenters. The van der Waals surface area contributed by atoms with Gasteiger partial charge < -0.3 is 39.9 Å². The molecule has 1 rings (SSSR count). The highest BCUT2D eigenvalue weighted by atomic mass is 31.2. The van der Waals surface area contributed by atoms with Gasteiger partial charge in [0.1, 0.15) is 42.7 Å². The molecule has 0 aromatic rings. The molecule has 0 aromatic heterocycles. The zero-order chi connectivity index (χ0) is 49.1. The van der Waals surface area contributed by atoms with Gasteiger partial charge in [-0.25, -0.2) is 4.57 Å². The highest BCUT2D eigenvalue weighted by Crippen LogP contribution is 2.47. The van der Waals surface area contributed by atoms with Crippen molar-refractivity contribution < 1.29 is 58.3 Å². The van der Waals surface area contributed by atoms with Gasteiger partial charge >= 0.3 is 13.8 Å². The van der Waals surface area contributed by atoms with Gasteiger partial charge in [-0.2, -0.15) is 0 Å². The third-order valence-electron chi connectivity index (χ3n) is 12.2. The van der Waals surface area contributed by atoms with Crippen LogP contribution < -0.4 is 0 Å². The Morgan fingerprint density at radius 1 is 0.493 bits per heavy atom. The Morgan fingerprint density at radius 3 is 1.34 bits per heavy atom. The van der Waals surface area contributed by atoms with Crippen LogP contribution in [0.15, 0.2) is 60.8 Å². The van der Waals surface area contributed by atoms with E-state index in [1.165, 1.54) is 89.9 Å². The van der Waals surface area contributed by atoms with Crippen LogP contribution in [-0.2, 0) is 27.9 Å². The zero-order valence-corrected chi connectivity index (χ0v) is 42.8. The summed E-state index contributed by atoms with van der Waals surface area (Å²) in [5.41, 5.74) is 0. The second kappa shape index (κ2) is 44.0. The number of esters is 1. The normalized spacial score (nSPS) is 21.7. The number of phosphoric acid groups is 1. The van der Waals surface area contributed by atoms with E-state index in [0.717, 1.165) is 96.3 Å². The van der Waals surface area contributed by atoms with Crippen LogP contribution in [0.4, 0.5) is 0 Å². The molecule has 6 N–H and O–H groups in total. The third kappa shape index (κ3) is 35.7. The van der Waals surface area contributed by atoms with E-state index in [2.05, 4.69) is 74.6 Å². The molecule has 0 aromatic carbocycles. The molecule has 0 spiro atoms.